The second kappa shape index (κ2) is 6.76. The Morgan fingerprint density at radius 1 is 1.55 bits per heavy atom. The summed E-state index contributed by atoms with van der Waals surface area (Å²) < 4.78 is 20.5. The topological polar surface area (TPSA) is 78.0 Å². The van der Waals surface area contributed by atoms with E-state index in [4.69, 9.17) is 22.2 Å². The van der Waals surface area contributed by atoms with Gasteiger partial charge in [0, 0.05) is 18.9 Å². The number of nitrogens with zero attached hydrogens (tertiary/aromatic N) is 3. The standard InChI is InChI=1S/C12H15ClFN5O/c1-20-5-4-19-12(9(13)6-17-19)11(18-15)8-2-3-16-7-10(8)14/h2-3,6-7,11,18H,4-5,15H2,1H3. The monoisotopic (exact) mass is 299 g/mol. The van der Waals surface area contributed by atoms with Crippen molar-refractivity contribution in [3.8, 4) is 0 Å². The lowest BCUT2D eigenvalue weighted by molar-refractivity contribution is 0.182. The average Bonchev–Trinajstić information content (AvgIpc) is 2.81. The van der Waals surface area contributed by atoms with Gasteiger partial charge in [0.25, 0.3) is 0 Å². The van der Waals surface area contributed by atoms with Crippen LogP contribution in [0.25, 0.3) is 0 Å². The van der Waals surface area contributed by atoms with Crippen LogP contribution in [0, 0.1) is 5.82 Å². The van der Waals surface area contributed by atoms with Crippen LogP contribution in [-0.2, 0) is 11.3 Å². The van der Waals surface area contributed by atoms with Crippen LogP contribution in [0.3, 0.4) is 0 Å². The van der Waals surface area contributed by atoms with Gasteiger partial charge in [0.2, 0.25) is 0 Å². The summed E-state index contributed by atoms with van der Waals surface area (Å²) in [6.45, 7) is 0.949. The maximum Gasteiger partial charge on any atom is 0.146 e. The fourth-order valence-electron chi connectivity index (χ4n) is 1.95. The van der Waals surface area contributed by atoms with Crippen LogP contribution >= 0.6 is 11.6 Å². The van der Waals surface area contributed by atoms with Crippen molar-refractivity contribution in [1.29, 1.82) is 0 Å². The van der Waals surface area contributed by atoms with Crippen molar-refractivity contribution in [3.63, 3.8) is 0 Å². The number of pyridine rings is 1. The molecule has 0 aliphatic heterocycles. The molecule has 2 aromatic rings. The minimum atomic E-state index is -0.621. The van der Waals surface area contributed by atoms with Crippen molar-refractivity contribution in [2.24, 2.45) is 5.84 Å². The molecular formula is C12H15ClFN5O. The molecule has 8 heteroatoms. The van der Waals surface area contributed by atoms with Gasteiger partial charge in [-0.15, -0.1) is 0 Å². The van der Waals surface area contributed by atoms with Gasteiger partial charge in [-0.1, -0.05) is 11.6 Å². The molecule has 1 unspecified atom stereocenters. The van der Waals surface area contributed by atoms with E-state index >= 15 is 0 Å². The third kappa shape index (κ3) is 2.96. The Kier molecular flexibility index (Phi) is 5.02. The van der Waals surface area contributed by atoms with Crippen LogP contribution in [0.15, 0.2) is 24.7 Å². The number of hydrazine groups is 1. The third-order valence-corrected chi connectivity index (χ3v) is 3.19. The lowest BCUT2D eigenvalue weighted by Gasteiger charge is -2.19. The Morgan fingerprint density at radius 2 is 2.35 bits per heavy atom. The Morgan fingerprint density at radius 3 is 3.00 bits per heavy atom. The summed E-state index contributed by atoms with van der Waals surface area (Å²) in [6.07, 6.45) is 4.12. The van der Waals surface area contributed by atoms with E-state index in [-0.39, 0.29) is 0 Å². The predicted molar refractivity (Wildman–Crippen MR) is 72.5 cm³/mol. The quantitative estimate of drug-likeness (QED) is 0.620. The fourth-order valence-corrected chi connectivity index (χ4v) is 2.20. The Balaban J connectivity index is 2.42. The van der Waals surface area contributed by atoms with E-state index in [1.165, 1.54) is 12.4 Å². The minimum Gasteiger partial charge on any atom is -0.383 e. The van der Waals surface area contributed by atoms with Gasteiger partial charge in [0.1, 0.15) is 5.82 Å². The van der Waals surface area contributed by atoms with Crippen molar-refractivity contribution >= 4 is 11.6 Å². The second-order valence-electron chi connectivity index (χ2n) is 4.09. The van der Waals surface area contributed by atoms with E-state index in [2.05, 4.69) is 15.5 Å². The molecule has 0 spiro atoms. The van der Waals surface area contributed by atoms with Crippen LogP contribution < -0.4 is 11.3 Å². The van der Waals surface area contributed by atoms with Gasteiger partial charge in [0.15, 0.2) is 0 Å². The molecule has 20 heavy (non-hydrogen) atoms. The number of aromatic nitrogens is 3. The van der Waals surface area contributed by atoms with E-state index < -0.39 is 11.9 Å². The first-order valence-electron chi connectivity index (χ1n) is 5.94. The molecule has 0 aliphatic rings. The molecule has 2 heterocycles. The van der Waals surface area contributed by atoms with Crippen LogP contribution in [0.2, 0.25) is 5.02 Å². The number of nitrogens with one attached hydrogen (secondary N) is 1. The molecule has 3 N–H and O–H groups in total. The summed E-state index contributed by atoms with van der Waals surface area (Å²) in [6, 6.07) is 0.925. The molecule has 0 saturated heterocycles. The Bertz CT molecular complexity index is 577. The molecule has 2 aromatic heterocycles. The van der Waals surface area contributed by atoms with Crippen molar-refractivity contribution in [2.45, 2.75) is 12.6 Å². The van der Waals surface area contributed by atoms with Gasteiger partial charge in [-0.3, -0.25) is 15.5 Å². The number of ether oxygens (including phenoxy) is 1. The minimum absolute atomic E-state index is 0.351. The summed E-state index contributed by atoms with van der Waals surface area (Å²) in [5.41, 5.74) is 3.50. The smallest absolute Gasteiger partial charge is 0.146 e. The highest BCUT2D eigenvalue weighted by Crippen LogP contribution is 2.28. The maximum absolute atomic E-state index is 13.9. The molecule has 108 valence electrons. The Labute approximate surface area is 120 Å². The molecule has 0 fully saturated rings. The molecule has 1 atom stereocenters. The molecule has 6 nitrogen and oxygen atoms in total. The summed E-state index contributed by atoms with van der Waals surface area (Å²) in [4.78, 5) is 3.72. The Hall–Kier alpha value is -1.54. The first kappa shape index (κ1) is 14.9. The van der Waals surface area contributed by atoms with Crippen molar-refractivity contribution in [1.82, 2.24) is 20.2 Å². The van der Waals surface area contributed by atoms with Crippen LogP contribution in [0.5, 0.6) is 0 Å². The normalized spacial score (nSPS) is 12.6. The number of methoxy groups -OCH3 is 1. The molecule has 2 rings (SSSR count). The largest absolute Gasteiger partial charge is 0.383 e. The van der Waals surface area contributed by atoms with Crippen molar-refractivity contribution < 1.29 is 9.13 Å². The number of rotatable bonds is 6. The third-order valence-electron chi connectivity index (χ3n) is 2.90. The molecule has 0 amide bonds. The van der Waals surface area contributed by atoms with Gasteiger partial charge in [-0.05, 0) is 6.07 Å². The molecule has 0 bridgehead atoms. The number of halogens is 2. The zero-order valence-corrected chi connectivity index (χ0v) is 11.6. The SMILES string of the molecule is COCCn1ncc(Cl)c1C(NN)c1ccncc1F. The van der Waals surface area contributed by atoms with Crippen molar-refractivity contribution in [2.75, 3.05) is 13.7 Å². The van der Waals surface area contributed by atoms with Crippen LogP contribution in [0.1, 0.15) is 17.3 Å². The highest BCUT2D eigenvalue weighted by molar-refractivity contribution is 6.31. The lowest BCUT2D eigenvalue weighted by atomic mass is 10.1. The van der Waals surface area contributed by atoms with Gasteiger partial charge in [0.05, 0.1) is 42.3 Å². The van der Waals surface area contributed by atoms with E-state index in [1.807, 2.05) is 0 Å². The van der Waals surface area contributed by atoms with Crippen LogP contribution in [0.4, 0.5) is 4.39 Å². The number of nitrogens with two attached hydrogens (primary N) is 1. The first-order valence-corrected chi connectivity index (χ1v) is 6.32. The zero-order chi connectivity index (χ0) is 14.5. The number of hydrogen-bond acceptors (Lipinski definition) is 5. The predicted octanol–water partition coefficient (Wildman–Crippen LogP) is 1.27. The summed E-state index contributed by atoms with van der Waals surface area (Å²) >= 11 is 6.14. The van der Waals surface area contributed by atoms with Gasteiger partial charge in [-0.25, -0.2) is 9.82 Å². The molecule has 0 radical (unpaired) electrons. The lowest BCUT2D eigenvalue weighted by Crippen LogP contribution is -2.32. The summed E-state index contributed by atoms with van der Waals surface area (Å²) in [7, 11) is 1.59. The summed E-state index contributed by atoms with van der Waals surface area (Å²) in [5, 5.41) is 4.55. The molecular weight excluding hydrogens is 285 g/mol. The second-order valence-corrected chi connectivity index (χ2v) is 4.50. The molecule has 0 aromatic carbocycles. The molecule has 0 saturated carbocycles. The highest BCUT2D eigenvalue weighted by atomic mass is 35.5. The van der Waals surface area contributed by atoms with E-state index in [0.29, 0.717) is 29.4 Å². The van der Waals surface area contributed by atoms with Gasteiger partial charge < -0.3 is 4.74 Å². The van der Waals surface area contributed by atoms with E-state index in [0.717, 1.165) is 6.20 Å². The first-order chi connectivity index (χ1) is 9.69. The average molecular weight is 300 g/mol. The van der Waals surface area contributed by atoms with E-state index in [1.54, 1.807) is 17.9 Å². The highest BCUT2D eigenvalue weighted by Gasteiger charge is 2.23. The molecule has 0 aliphatic carbocycles. The fraction of sp³-hybridized carbons (Fsp3) is 0.333. The van der Waals surface area contributed by atoms with Gasteiger partial charge in [-0.2, -0.15) is 5.10 Å². The summed E-state index contributed by atoms with van der Waals surface area (Å²) in [5.74, 6) is 5.10. The van der Waals surface area contributed by atoms with Crippen molar-refractivity contribution in [3.05, 3.63) is 46.8 Å². The van der Waals surface area contributed by atoms with Crippen LogP contribution in [-0.4, -0.2) is 28.5 Å². The van der Waals surface area contributed by atoms with Gasteiger partial charge >= 0.3 is 0 Å². The maximum atomic E-state index is 13.9. The number of hydrogen-bond donors (Lipinski definition) is 2. The zero-order valence-electron chi connectivity index (χ0n) is 10.9. The van der Waals surface area contributed by atoms with E-state index in [9.17, 15) is 4.39 Å².